The van der Waals surface area contributed by atoms with Gasteiger partial charge in [-0.15, -0.1) is 11.3 Å². The summed E-state index contributed by atoms with van der Waals surface area (Å²) in [4.78, 5) is 23.1. The number of thiazole rings is 1. The number of anilines is 2. The van der Waals surface area contributed by atoms with Crippen LogP contribution in [0, 0.1) is 0 Å². The summed E-state index contributed by atoms with van der Waals surface area (Å²) >= 11 is 4.90. The monoisotopic (exact) mass is 489 g/mol. The predicted octanol–water partition coefficient (Wildman–Crippen LogP) is 4.97. The van der Waals surface area contributed by atoms with Gasteiger partial charge in [0.25, 0.3) is 0 Å². The lowest BCUT2D eigenvalue weighted by Gasteiger charge is -2.20. The maximum absolute atomic E-state index is 11.9. The van der Waals surface area contributed by atoms with Crippen LogP contribution in [0.15, 0.2) is 52.4 Å². The molecule has 0 saturated carbocycles. The van der Waals surface area contributed by atoms with Gasteiger partial charge in [-0.2, -0.15) is 0 Å². The molecule has 3 rings (SSSR count). The van der Waals surface area contributed by atoms with Crippen molar-refractivity contribution in [2.75, 3.05) is 26.0 Å². The highest BCUT2D eigenvalue weighted by atomic mass is 79.9. The number of carbonyl (C=O) groups is 1. The number of nitrogens with zero attached hydrogens (tertiary/aromatic N) is 3. The van der Waals surface area contributed by atoms with E-state index >= 15 is 0 Å². The lowest BCUT2D eigenvalue weighted by molar-refractivity contribution is -0.121. The van der Waals surface area contributed by atoms with Gasteiger partial charge in [-0.1, -0.05) is 25.1 Å². The minimum Gasteiger partial charge on any atom is -0.453 e. The fourth-order valence-electron chi connectivity index (χ4n) is 2.69. The lowest BCUT2D eigenvalue weighted by Crippen LogP contribution is -2.35. The number of ether oxygens (including phenoxy) is 1. The van der Waals surface area contributed by atoms with E-state index in [-0.39, 0.29) is 11.9 Å². The number of aromatic nitrogens is 2. The normalized spacial score (nSPS) is 11.9. The summed E-state index contributed by atoms with van der Waals surface area (Å²) in [5.74, 6) is 1.85. The molecular formula is C21H24BrN5O2S. The number of pyridine rings is 1. The Bertz CT molecular complexity index is 981. The highest BCUT2D eigenvalue weighted by molar-refractivity contribution is 9.10. The molecule has 2 heterocycles. The van der Waals surface area contributed by atoms with Crippen LogP contribution in [0.2, 0.25) is 0 Å². The number of hydrogen-bond acceptors (Lipinski definition) is 7. The van der Waals surface area contributed by atoms with Crippen molar-refractivity contribution in [2.24, 2.45) is 0 Å². The highest BCUT2D eigenvalue weighted by Gasteiger charge is 2.19. The molecule has 0 saturated heterocycles. The van der Waals surface area contributed by atoms with Gasteiger partial charge < -0.3 is 20.3 Å². The van der Waals surface area contributed by atoms with Crippen molar-refractivity contribution in [3.63, 3.8) is 0 Å². The number of hydrogen-bond donors (Lipinski definition) is 2. The van der Waals surface area contributed by atoms with Gasteiger partial charge in [-0.05, 0) is 42.2 Å². The SMILES string of the molecule is CCC(=O)NC(CN(C)C)c1csc(Nc2ncc(Br)cc2Oc2ccccc2)n1. The zero-order valence-electron chi connectivity index (χ0n) is 17.1. The van der Waals surface area contributed by atoms with E-state index in [1.807, 2.05) is 67.7 Å². The number of amides is 1. The zero-order chi connectivity index (χ0) is 21.5. The van der Waals surface area contributed by atoms with Crippen molar-refractivity contribution in [3.8, 4) is 11.5 Å². The van der Waals surface area contributed by atoms with Gasteiger partial charge >= 0.3 is 0 Å². The van der Waals surface area contributed by atoms with Gasteiger partial charge in [0.1, 0.15) is 5.75 Å². The van der Waals surface area contributed by atoms with Crippen molar-refractivity contribution >= 4 is 44.1 Å². The largest absolute Gasteiger partial charge is 0.453 e. The van der Waals surface area contributed by atoms with E-state index in [9.17, 15) is 4.79 Å². The van der Waals surface area contributed by atoms with Gasteiger partial charge in [-0.25, -0.2) is 9.97 Å². The molecule has 1 aromatic carbocycles. The number of halogens is 1. The van der Waals surface area contributed by atoms with E-state index in [4.69, 9.17) is 4.74 Å². The fourth-order valence-corrected chi connectivity index (χ4v) is 3.76. The summed E-state index contributed by atoms with van der Waals surface area (Å²) in [6.07, 6.45) is 2.13. The summed E-state index contributed by atoms with van der Waals surface area (Å²) in [6, 6.07) is 11.2. The Balaban J connectivity index is 1.80. The van der Waals surface area contributed by atoms with Crippen molar-refractivity contribution in [2.45, 2.75) is 19.4 Å². The second-order valence-electron chi connectivity index (χ2n) is 6.85. The Hall–Kier alpha value is -2.49. The standard InChI is InChI=1S/C21H24BrN5O2S/c1-4-19(28)24-16(12-27(2)3)17-13-30-21(25-17)26-20-18(10-14(22)11-23-20)29-15-8-6-5-7-9-15/h5-11,13,16H,4,12H2,1-3H3,(H,24,28)(H,23,25,26). The Morgan fingerprint density at radius 2 is 2.07 bits per heavy atom. The van der Waals surface area contributed by atoms with Crippen LogP contribution in [-0.4, -0.2) is 41.4 Å². The Kier molecular flexibility index (Phi) is 7.78. The van der Waals surface area contributed by atoms with Crippen LogP contribution in [0.3, 0.4) is 0 Å². The van der Waals surface area contributed by atoms with E-state index in [0.29, 0.717) is 35.4 Å². The van der Waals surface area contributed by atoms with E-state index in [1.54, 1.807) is 6.20 Å². The van der Waals surface area contributed by atoms with E-state index in [1.165, 1.54) is 11.3 Å². The third-order valence-corrected chi connectivity index (χ3v) is 5.31. The van der Waals surface area contributed by atoms with Gasteiger partial charge in [0, 0.05) is 35.1 Å². The van der Waals surface area contributed by atoms with Crippen LogP contribution in [-0.2, 0) is 4.79 Å². The lowest BCUT2D eigenvalue weighted by atomic mass is 10.2. The van der Waals surface area contributed by atoms with Gasteiger partial charge in [0.05, 0.1) is 11.7 Å². The molecule has 0 spiro atoms. The van der Waals surface area contributed by atoms with Crippen LogP contribution < -0.4 is 15.4 Å². The molecule has 9 heteroatoms. The average Bonchev–Trinajstić information content (AvgIpc) is 3.18. The summed E-state index contributed by atoms with van der Waals surface area (Å²) in [5.41, 5.74) is 0.806. The van der Waals surface area contributed by atoms with Crippen molar-refractivity contribution in [1.29, 1.82) is 0 Å². The van der Waals surface area contributed by atoms with Crippen LogP contribution in [0.5, 0.6) is 11.5 Å². The van der Waals surface area contributed by atoms with Gasteiger partial charge in [0.15, 0.2) is 16.7 Å². The molecule has 158 valence electrons. The number of para-hydroxylation sites is 1. The zero-order valence-corrected chi connectivity index (χ0v) is 19.5. The molecule has 0 aliphatic rings. The Labute approximate surface area is 188 Å². The topological polar surface area (TPSA) is 79.4 Å². The number of carbonyl (C=O) groups excluding carboxylic acids is 1. The maximum Gasteiger partial charge on any atom is 0.220 e. The summed E-state index contributed by atoms with van der Waals surface area (Å²) < 4.78 is 6.81. The molecule has 7 nitrogen and oxygen atoms in total. The van der Waals surface area contributed by atoms with Crippen molar-refractivity contribution in [3.05, 3.63) is 58.1 Å². The molecular weight excluding hydrogens is 466 g/mol. The number of likely N-dealkylation sites (N-methyl/N-ethyl adjacent to an activating group) is 1. The van der Waals surface area contributed by atoms with Crippen LogP contribution in [0.1, 0.15) is 25.1 Å². The minimum absolute atomic E-state index is 0.00233. The molecule has 2 aromatic heterocycles. The van der Waals surface area contributed by atoms with Crippen LogP contribution in [0.25, 0.3) is 0 Å². The molecule has 2 N–H and O–H groups in total. The van der Waals surface area contributed by atoms with Crippen LogP contribution >= 0.6 is 27.3 Å². The molecule has 0 aliphatic carbocycles. The summed E-state index contributed by atoms with van der Waals surface area (Å²) in [7, 11) is 3.94. The molecule has 0 aliphatic heterocycles. The van der Waals surface area contributed by atoms with E-state index < -0.39 is 0 Å². The summed E-state index contributed by atoms with van der Waals surface area (Å²) in [6.45, 7) is 2.50. The molecule has 0 fully saturated rings. The predicted molar refractivity (Wildman–Crippen MR) is 124 cm³/mol. The van der Waals surface area contributed by atoms with Crippen molar-refractivity contribution in [1.82, 2.24) is 20.2 Å². The van der Waals surface area contributed by atoms with E-state index in [2.05, 4.69) is 36.5 Å². The quantitative estimate of drug-likeness (QED) is 0.441. The van der Waals surface area contributed by atoms with Crippen molar-refractivity contribution < 1.29 is 9.53 Å². The highest BCUT2D eigenvalue weighted by Crippen LogP contribution is 2.33. The van der Waals surface area contributed by atoms with Crippen LogP contribution in [0.4, 0.5) is 10.9 Å². The van der Waals surface area contributed by atoms with Gasteiger partial charge in [0.2, 0.25) is 5.91 Å². The molecule has 1 atom stereocenters. The first-order valence-corrected chi connectivity index (χ1v) is 11.2. The molecule has 30 heavy (non-hydrogen) atoms. The summed E-state index contributed by atoms with van der Waals surface area (Å²) in [5, 5.41) is 8.89. The first kappa shape index (κ1) is 22.2. The smallest absolute Gasteiger partial charge is 0.220 e. The Morgan fingerprint density at radius 1 is 1.30 bits per heavy atom. The first-order chi connectivity index (χ1) is 14.4. The molecule has 1 amide bonds. The molecule has 0 bridgehead atoms. The molecule has 0 radical (unpaired) electrons. The van der Waals surface area contributed by atoms with Gasteiger partial charge in [-0.3, -0.25) is 4.79 Å². The third-order valence-electron chi connectivity index (χ3n) is 4.10. The van der Waals surface area contributed by atoms with E-state index in [0.717, 1.165) is 10.2 Å². The molecule has 3 aromatic rings. The number of rotatable bonds is 9. The maximum atomic E-state index is 11.9. The minimum atomic E-state index is -0.183. The third kappa shape index (κ3) is 6.25. The average molecular weight is 490 g/mol. The fraction of sp³-hybridized carbons (Fsp3) is 0.286. The first-order valence-electron chi connectivity index (χ1n) is 9.49. The number of nitrogens with one attached hydrogen (secondary N) is 2. The number of benzene rings is 1. The Morgan fingerprint density at radius 3 is 2.77 bits per heavy atom. The second kappa shape index (κ2) is 10.5. The second-order valence-corrected chi connectivity index (χ2v) is 8.63. The molecule has 1 unspecified atom stereocenters.